The van der Waals surface area contributed by atoms with Crippen LogP contribution in [-0.4, -0.2) is 30.0 Å². The van der Waals surface area contributed by atoms with Gasteiger partial charge in [0.05, 0.1) is 0 Å². The lowest BCUT2D eigenvalue weighted by Crippen LogP contribution is -2.21. The van der Waals surface area contributed by atoms with E-state index in [9.17, 15) is 4.79 Å². The second-order valence-electron chi connectivity index (χ2n) is 5.90. The summed E-state index contributed by atoms with van der Waals surface area (Å²) in [5.41, 5.74) is 2.53. The van der Waals surface area contributed by atoms with Crippen LogP contribution in [0.2, 0.25) is 0 Å². The van der Waals surface area contributed by atoms with Crippen LogP contribution in [0.15, 0.2) is 42.6 Å². The predicted molar refractivity (Wildman–Crippen MR) is 101 cm³/mol. The molecule has 0 aliphatic rings. The van der Waals surface area contributed by atoms with Gasteiger partial charge in [-0.15, -0.1) is 0 Å². The minimum absolute atomic E-state index is 0.139. The second kappa shape index (κ2) is 8.34. The number of pyridine rings is 1. The standard InChI is InChI=1S/C19H26N4O/c1-5-23(6-2)17-9-7-16(8-10-17)22-19(24)15-11-12-20-18(13-15)21-14(3)4/h7-14H,5-6H2,1-4H3,(H,20,21)(H,22,24). The first-order chi connectivity index (χ1) is 11.5. The number of nitrogens with one attached hydrogen (secondary N) is 2. The summed E-state index contributed by atoms with van der Waals surface area (Å²) in [6.45, 7) is 10.3. The monoisotopic (exact) mass is 326 g/mol. The van der Waals surface area contributed by atoms with Crippen molar-refractivity contribution in [2.75, 3.05) is 28.6 Å². The van der Waals surface area contributed by atoms with Gasteiger partial charge in [0.25, 0.3) is 5.91 Å². The van der Waals surface area contributed by atoms with E-state index in [-0.39, 0.29) is 11.9 Å². The molecule has 2 rings (SSSR count). The summed E-state index contributed by atoms with van der Waals surface area (Å²) in [5, 5.41) is 6.13. The van der Waals surface area contributed by atoms with Gasteiger partial charge in [-0.05, 0) is 64.1 Å². The topological polar surface area (TPSA) is 57.3 Å². The van der Waals surface area contributed by atoms with Crippen LogP contribution in [0.4, 0.5) is 17.2 Å². The van der Waals surface area contributed by atoms with Crippen LogP contribution >= 0.6 is 0 Å². The second-order valence-corrected chi connectivity index (χ2v) is 5.90. The van der Waals surface area contributed by atoms with Gasteiger partial charge in [-0.3, -0.25) is 4.79 Å². The Bertz CT molecular complexity index is 663. The quantitative estimate of drug-likeness (QED) is 0.807. The number of nitrogens with zero attached hydrogens (tertiary/aromatic N) is 2. The molecule has 0 saturated carbocycles. The summed E-state index contributed by atoms with van der Waals surface area (Å²) < 4.78 is 0. The average molecular weight is 326 g/mol. The summed E-state index contributed by atoms with van der Waals surface area (Å²) in [5.74, 6) is 0.564. The van der Waals surface area contributed by atoms with Crippen LogP contribution in [0.3, 0.4) is 0 Å². The number of anilines is 3. The maximum atomic E-state index is 12.4. The van der Waals surface area contributed by atoms with E-state index in [0.717, 1.165) is 24.5 Å². The average Bonchev–Trinajstić information content (AvgIpc) is 2.57. The third-order valence-corrected chi connectivity index (χ3v) is 3.71. The fraction of sp³-hybridized carbons (Fsp3) is 0.368. The zero-order valence-corrected chi connectivity index (χ0v) is 14.8. The highest BCUT2D eigenvalue weighted by atomic mass is 16.1. The first-order valence-electron chi connectivity index (χ1n) is 8.42. The van der Waals surface area contributed by atoms with E-state index in [4.69, 9.17) is 0 Å². The largest absolute Gasteiger partial charge is 0.372 e. The first-order valence-corrected chi connectivity index (χ1v) is 8.42. The highest BCUT2D eigenvalue weighted by molar-refractivity contribution is 6.04. The molecular weight excluding hydrogens is 300 g/mol. The van der Waals surface area contributed by atoms with Crippen LogP contribution in [-0.2, 0) is 0 Å². The molecule has 2 N–H and O–H groups in total. The van der Waals surface area contributed by atoms with Gasteiger partial charge in [-0.25, -0.2) is 4.98 Å². The number of aromatic nitrogens is 1. The summed E-state index contributed by atoms with van der Waals surface area (Å²) in [6.07, 6.45) is 1.64. The lowest BCUT2D eigenvalue weighted by Gasteiger charge is -2.21. The minimum Gasteiger partial charge on any atom is -0.372 e. The van der Waals surface area contributed by atoms with Crippen molar-refractivity contribution >= 4 is 23.1 Å². The molecule has 0 fully saturated rings. The normalized spacial score (nSPS) is 10.5. The van der Waals surface area contributed by atoms with E-state index in [1.807, 2.05) is 38.1 Å². The predicted octanol–water partition coefficient (Wildman–Crippen LogP) is 4.00. The smallest absolute Gasteiger partial charge is 0.255 e. The molecule has 1 heterocycles. The van der Waals surface area contributed by atoms with E-state index < -0.39 is 0 Å². The van der Waals surface area contributed by atoms with Gasteiger partial charge in [0.2, 0.25) is 0 Å². The highest BCUT2D eigenvalue weighted by Crippen LogP contribution is 2.18. The van der Waals surface area contributed by atoms with Crippen molar-refractivity contribution in [3.05, 3.63) is 48.2 Å². The van der Waals surface area contributed by atoms with Gasteiger partial charge >= 0.3 is 0 Å². The van der Waals surface area contributed by atoms with Crippen molar-refractivity contribution in [1.82, 2.24) is 4.98 Å². The summed E-state index contributed by atoms with van der Waals surface area (Å²) >= 11 is 0. The third-order valence-electron chi connectivity index (χ3n) is 3.71. The van der Waals surface area contributed by atoms with E-state index >= 15 is 0 Å². The van der Waals surface area contributed by atoms with Crippen molar-refractivity contribution in [1.29, 1.82) is 0 Å². The maximum absolute atomic E-state index is 12.4. The molecule has 5 nitrogen and oxygen atoms in total. The Morgan fingerprint density at radius 1 is 1.12 bits per heavy atom. The molecule has 0 saturated heterocycles. The summed E-state index contributed by atoms with van der Waals surface area (Å²) in [7, 11) is 0. The molecule has 0 aliphatic carbocycles. The molecule has 0 radical (unpaired) electrons. The molecule has 1 amide bonds. The zero-order valence-electron chi connectivity index (χ0n) is 14.8. The molecule has 1 aromatic carbocycles. The van der Waals surface area contributed by atoms with Crippen molar-refractivity contribution in [3.8, 4) is 0 Å². The number of amides is 1. The van der Waals surface area contributed by atoms with Gasteiger partial charge in [0, 0.05) is 42.3 Å². The molecule has 128 valence electrons. The first kappa shape index (κ1) is 17.8. The number of hydrogen-bond donors (Lipinski definition) is 2. The molecule has 5 heteroatoms. The Kier molecular flexibility index (Phi) is 6.18. The van der Waals surface area contributed by atoms with Gasteiger partial charge in [0.1, 0.15) is 5.82 Å². The van der Waals surface area contributed by atoms with Crippen molar-refractivity contribution in [2.24, 2.45) is 0 Å². The maximum Gasteiger partial charge on any atom is 0.255 e. The lowest BCUT2D eigenvalue weighted by molar-refractivity contribution is 0.102. The van der Waals surface area contributed by atoms with E-state index in [0.29, 0.717) is 11.4 Å². The molecule has 2 aromatic rings. The Morgan fingerprint density at radius 2 is 1.79 bits per heavy atom. The highest BCUT2D eigenvalue weighted by Gasteiger charge is 2.09. The lowest BCUT2D eigenvalue weighted by atomic mass is 10.2. The van der Waals surface area contributed by atoms with Crippen LogP contribution in [0, 0.1) is 0 Å². The molecule has 0 bridgehead atoms. The van der Waals surface area contributed by atoms with Crippen molar-refractivity contribution in [3.63, 3.8) is 0 Å². The van der Waals surface area contributed by atoms with Crippen molar-refractivity contribution in [2.45, 2.75) is 33.7 Å². The Labute approximate surface area is 144 Å². The SMILES string of the molecule is CCN(CC)c1ccc(NC(=O)c2ccnc(NC(C)C)c2)cc1. The zero-order chi connectivity index (χ0) is 17.5. The Morgan fingerprint density at radius 3 is 2.38 bits per heavy atom. The Balaban J connectivity index is 2.06. The minimum atomic E-state index is -0.139. The van der Waals surface area contributed by atoms with Crippen LogP contribution in [0.5, 0.6) is 0 Å². The fourth-order valence-corrected chi connectivity index (χ4v) is 2.49. The summed E-state index contributed by atoms with van der Waals surface area (Å²) in [6, 6.07) is 11.7. The number of rotatable bonds is 7. The molecule has 0 unspecified atom stereocenters. The van der Waals surface area contributed by atoms with Gasteiger partial charge < -0.3 is 15.5 Å². The number of hydrogen-bond acceptors (Lipinski definition) is 4. The summed E-state index contributed by atoms with van der Waals surface area (Å²) in [4.78, 5) is 18.9. The number of carbonyl (C=O) groups excluding carboxylic acids is 1. The molecule has 1 aromatic heterocycles. The van der Waals surface area contributed by atoms with E-state index in [1.165, 1.54) is 0 Å². The van der Waals surface area contributed by atoms with Crippen LogP contribution in [0.1, 0.15) is 38.1 Å². The molecule has 0 atom stereocenters. The number of carbonyl (C=O) groups is 1. The van der Waals surface area contributed by atoms with E-state index in [2.05, 4.69) is 34.4 Å². The van der Waals surface area contributed by atoms with Crippen molar-refractivity contribution < 1.29 is 4.79 Å². The number of benzene rings is 1. The van der Waals surface area contributed by atoms with Gasteiger partial charge in [0.15, 0.2) is 0 Å². The Hall–Kier alpha value is -2.56. The molecule has 0 aliphatic heterocycles. The van der Waals surface area contributed by atoms with Gasteiger partial charge in [-0.1, -0.05) is 0 Å². The molecule has 24 heavy (non-hydrogen) atoms. The van der Waals surface area contributed by atoms with Gasteiger partial charge in [-0.2, -0.15) is 0 Å². The van der Waals surface area contributed by atoms with Crippen LogP contribution in [0.25, 0.3) is 0 Å². The van der Waals surface area contributed by atoms with Crippen LogP contribution < -0.4 is 15.5 Å². The third kappa shape index (κ3) is 4.72. The molecular formula is C19H26N4O. The fourth-order valence-electron chi connectivity index (χ4n) is 2.49. The molecule has 0 spiro atoms. The van der Waals surface area contributed by atoms with E-state index in [1.54, 1.807) is 18.3 Å².